The molecule has 2 rings (SSSR count). The van der Waals surface area contributed by atoms with E-state index in [1.807, 2.05) is 0 Å². The summed E-state index contributed by atoms with van der Waals surface area (Å²) in [7, 11) is 0. The van der Waals surface area contributed by atoms with Crippen molar-refractivity contribution in [1.29, 1.82) is 0 Å². The lowest BCUT2D eigenvalue weighted by Gasteiger charge is -2.33. The maximum absolute atomic E-state index is 10.1. The first-order valence-corrected chi connectivity index (χ1v) is 10.6. The van der Waals surface area contributed by atoms with Crippen LogP contribution in [0.2, 0.25) is 0 Å². The third-order valence-corrected chi connectivity index (χ3v) is 4.74. The van der Waals surface area contributed by atoms with Gasteiger partial charge in [-0.1, -0.05) is 44.2 Å². The van der Waals surface area contributed by atoms with Crippen molar-refractivity contribution in [3.8, 4) is 0 Å². The molecule has 1 unspecified atom stereocenters. The van der Waals surface area contributed by atoms with Crippen LogP contribution in [0.4, 0.5) is 0 Å². The van der Waals surface area contributed by atoms with Crippen LogP contribution in [0.5, 0.6) is 0 Å². The minimum absolute atomic E-state index is 0.332. The van der Waals surface area contributed by atoms with Crippen LogP contribution in [0, 0.1) is 5.92 Å². The van der Waals surface area contributed by atoms with Gasteiger partial charge in [-0.15, -0.1) is 0 Å². The summed E-state index contributed by atoms with van der Waals surface area (Å²) in [6.45, 7) is 11.6. The van der Waals surface area contributed by atoms with Gasteiger partial charge in [0, 0.05) is 38.8 Å². The Morgan fingerprint density at radius 3 is 2.57 bits per heavy atom. The van der Waals surface area contributed by atoms with Crippen LogP contribution in [0.25, 0.3) is 0 Å². The topological polar surface area (TPSA) is 69.1 Å². The largest absolute Gasteiger partial charge is 0.389 e. The van der Waals surface area contributed by atoms with E-state index in [1.54, 1.807) is 0 Å². The fourth-order valence-electron chi connectivity index (χ4n) is 3.28. The van der Waals surface area contributed by atoms with Crippen molar-refractivity contribution in [3.05, 3.63) is 35.9 Å². The van der Waals surface area contributed by atoms with Crippen LogP contribution in [0.1, 0.15) is 39.2 Å². The van der Waals surface area contributed by atoms with E-state index in [9.17, 15) is 5.11 Å². The van der Waals surface area contributed by atoms with Gasteiger partial charge in [0.2, 0.25) is 0 Å². The summed E-state index contributed by atoms with van der Waals surface area (Å²) in [6, 6.07) is 11.1. The van der Waals surface area contributed by atoms with E-state index in [0.29, 0.717) is 31.7 Å². The number of rotatable bonds is 10. The minimum atomic E-state index is -0.568. The van der Waals surface area contributed by atoms with Gasteiger partial charge in [0.1, 0.15) is 0 Å². The number of ether oxygens (including phenoxy) is 1. The second kappa shape index (κ2) is 12.8. The number of piperidine rings is 1. The predicted octanol–water partition coefficient (Wildman–Crippen LogP) is 2.24. The van der Waals surface area contributed by atoms with Crippen molar-refractivity contribution in [2.24, 2.45) is 10.9 Å². The molecule has 0 aliphatic carbocycles. The van der Waals surface area contributed by atoms with E-state index in [4.69, 9.17) is 4.74 Å². The third-order valence-electron chi connectivity index (χ3n) is 4.74. The molecule has 6 heteroatoms. The van der Waals surface area contributed by atoms with E-state index in [2.05, 4.69) is 71.6 Å². The molecule has 6 nitrogen and oxygen atoms in total. The molecule has 1 aliphatic heterocycles. The average molecular weight is 391 g/mol. The van der Waals surface area contributed by atoms with E-state index in [1.165, 1.54) is 5.56 Å². The maximum atomic E-state index is 10.1. The normalized spacial score (nSPS) is 17.7. The predicted molar refractivity (Wildman–Crippen MR) is 116 cm³/mol. The molecule has 0 amide bonds. The zero-order chi connectivity index (χ0) is 20.2. The van der Waals surface area contributed by atoms with Gasteiger partial charge >= 0.3 is 0 Å². The Morgan fingerprint density at radius 2 is 1.93 bits per heavy atom. The molecule has 0 aromatic heterocycles. The van der Waals surface area contributed by atoms with Crippen molar-refractivity contribution in [2.75, 3.05) is 39.4 Å². The molecular formula is C22H38N4O2. The number of hydrogen-bond donors (Lipinski definition) is 3. The molecule has 1 saturated heterocycles. The third kappa shape index (κ3) is 9.04. The van der Waals surface area contributed by atoms with Crippen LogP contribution < -0.4 is 10.6 Å². The number of aliphatic hydroxyl groups is 1. The number of likely N-dealkylation sites (tertiary alicyclic amines) is 1. The monoisotopic (exact) mass is 390 g/mol. The van der Waals surface area contributed by atoms with Crippen molar-refractivity contribution < 1.29 is 9.84 Å². The molecule has 28 heavy (non-hydrogen) atoms. The van der Waals surface area contributed by atoms with E-state index < -0.39 is 6.10 Å². The van der Waals surface area contributed by atoms with E-state index >= 15 is 0 Å². The summed E-state index contributed by atoms with van der Waals surface area (Å²) in [6.07, 6.45) is 1.62. The Morgan fingerprint density at radius 1 is 1.21 bits per heavy atom. The molecule has 158 valence electrons. The Labute approximate surface area is 170 Å². The first-order chi connectivity index (χ1) is 13.6. The molecule has 1 heterocycles. The lowest BCUT2D eigenvalue weighted by molar-refractivity contribution is 0.0301. The molecule has 0 saturated carbocycles. The summed E-state index contributed by atoms with van der Waals surface area (Å²) >= 11 is 0. The van der Waals surface area contributed by atoms with Gasteiger partial charge < -0.3 is 20.5 Å². The van der Waals surface area contributed by atoms with Gasteiger partial charge in [-0.05, 0) is 31.2 Å². The zero-order valence-corrected chi connectivity index (χ0v) is 17.7. The van der Waals surface area contributed by atoms with Crippen LogP contribution in [-0.2, 0) is 11.3 Å². The average Bonchev–Trinajstić information content (AvgIpc) is 2.68. The van der Waals surface area contributed by atoms with Gasteiger partial charge in [0.15, 0.2) is 5.96 Å². The SMILES string of the molecule is CCNC(=NCC(O)COCC(C)C)NC1CCN(Cc2ccccc2)CC1. The fraction of sp³-hybridized carbons (Fsp3) is 0.682. The minimum Gasteiger partial charge on any atom is -0.389 e. The molecular weight excluding hydrogens is 352 g/mol. The van der Waals surface area contributed by atoms with Crippen LogP contribution in [-0.4, -0.2) is 67.5 Å². The highest BCUT2D eigenvalue weighted by Crippen LogP contribution is 2.13. The standard InChI is InChI=1S/C22H38N4O2/c1-4-23-22(24-14-21(27)17-28-16-18(2)3)25-20-10-12-26(13-11-20)15-19-8-6-5-7-9-19/h5-9,18,20-21,27H,4,10-17H2,1-3H3,(H2,23,24,25). The highest BCUT2D eigenvalue weighted by molar-refractivity contribution is 5.80. The molecule has 3 N–H and O–H groups in total. The van der Waals surface area contributed by atoms with E-state index in [-0.39, 0.29) is 0 Å². The van der Waals surface area contributed by atoms with Crippen molar-refractivity contribution in [2.45, 2.75) is 52.3 Å². The van der Waals surface area contributed by atoms with Crippen LogP contribution >= 0.6 is 0 Å². The zero-order valence-electron chi connectivity index (χ0n) is 17.7. The summed E-state index contributed by atoms with van der Waals surface area (Å²) in [4.78, 5) is 7.05. The number of nitrogens with zero attached hydrogens (tertiary/aromatic N) is 2. The van der Waals surface area contributed by atoms with Gasteiger partial charge in [0.25, 0.3) is 0 Å². The van der Waals surface area contributed by atoms with Crippen LogP contribution in [0.3, 0.4) is 0 Å². The van der Waals surface area contributed by atoms with Crippen LogP contribution in [0.15, 0.2) is 35.3 Å². The van der Waals surface area contributed by atoms with Crippen molar-refractivity contribution in [3.63, 3.8) is 0 Å². The number of nitrogens with one attached hydrogen (secondary N) is 2. The van der Waals surface area contributed by atoms with Gasteiger partial charge in [0.05, 0.1) is 19.3 Å². The molecule has 0 spiro atoms. The highest BCUT2D eigenvalue weighted by atomic mass is 16.5. The Kier molecular flexibility index (Phi) is 10.3. The smallest absolute Gasteiger partial charge is 0.191 e. The number of guanidine groups is 1. The van der Waals surface area contributed by atoms with E-state index in [0.717, 1.165) is 45.0 Å². The maximum Gasteiger partial charge on any atom is 0.191 e. The molecule has 1 aliphatic rings. The molecule has 1 fully saturated rings. The van der Waals surface area contributed by atoms with Gasteiger partial charge in [-0.2, -0.15) is 0 Å². The molecule has 0 bridgehead atoms. The quantitative estimate of drug-likeness (QED) is 0.422. The summed E-state index contributed by atoms with van der Waals surface area (Å²) in [5, 5.41) is 16.9. The first kappa shape index (κ1) is 22.7. The van der Waals surface area contributed by atoms with Gasteiger partial charge in [-0.25, -0.2) is 0 Å². The molecule has 1 aromatic rings. The summed E-state index contributed by atoms with van der Waals surface area (Å²) < 4.78 is 5.49. The second-order valence-electron chi connectivity index (χ2n) is 7.99. The summed E-state index contributed by atoms with van der Waals surface area (Å²) in [5.74, 6) is 1.26. The van der Waals surface area contributed by atoms with Crippen molar-refractivity contribution >= 4 is 5.96 Å². The highest BCUT2D eigenvalue weighted by Gasteiger charge is 2.20. The second-order valence-corrected chi connectivity index (χ2v) is 7.99. The lowest BCUT2D eigenvalue weighted by atomic mass is 10.0. The lowest BCUT2D eigenvalue weighted by Crippen LogP contribution is -2.48. The van der Waals surface area contributed by atoms with Gasteiger partial charge in [-0.3, -0.25) is 9.89 Å². The number of benzene rings is 1. The number of aliphatic hydroxyl groups excluding tert-OH is 1. The molecule has 0 radical (unpaired) electrons. The fourth-order valence-corrected chi connectivity index (χ4v) is 3.28. The summed E-state index contributed by atoms with van der Waals surface area (Å²) in [5.41, 5.74) is 1.37. The number of hydrogen-bond acceptors (Lipinski definition) is 4. The molecule has 1 atom stereocenters. The Hall–Kier alpha value is -1.63. The Balaban J connectivity index is 1.73. The van der Waals surface area contributed by atoms with Crippen molar-refractivity contribution in [1.82, 2.24) is 15.5 Å². The first-order valence-electron chi connectivity index (χ1n) is 10.6. The Bertz CT molecular complexity index is 557. The number of aliphatic imine (C=N–C) groups is 1. The molecule has 1 aromatic carbocycles.